The number of fused-ring (bicyclic) bond motifs is 5. The van der Waals surface area contributed by atoms with Gasteiger partial charge in [0.1, 0.15) is 0 Å². The number of rotatable bonds is 0. The number of hydrogen-bond acceptors (Lipinski definition) is 0. The Hall–Kier alpha value is -0.520. The number of allylic oxidation sites excluding steroid dienone is 4. The Kier molecular flexibility index (Phi) is 2.79. The highest BCUT2D eigenvalue weighted by molar-refractivity contribution is 5.33. The second-order valence-electron chi connectivity index (χ2n) is 8.68. The van der Waals surface area contributed by atoms with Gasteiger partial charge in [-0.3, -0.25) is 0 Å². The summed E-state index contributed by atoms with van der Waals surface area (Å²) in [6.45, 7) is 7.66. The lowest BCUT2D eigenvalue weighted by molar-refractivity contribution is -0.0267. The molecule has 4 aliphatic carbocycles. The molecule has 20 heavy (non-hydrogen) atoms. The Morgan fingerprint density at radius 3 is 2.80 bits per heavy atom. The van der Waals surface area contributed by atoms with Gasteiger partial charge in [0, 0.05) is 5.41 Å². The van der Waals surface area contributed by atoms with Gasteiger partial charge < -0.3 is 0 Å². The molecule has 0 aromatic rings. The van der Waals surface area contributed by atoms with E-state index >= 15 is 0 Å². The molecule has 0 bridgehead atoms. The van der Waals surface area contributed by atoms with Crippen molar-refractivity contribution in [2.24, 2.45) is 34.5 Å². The average Bonchev–Trinajstić information content (AvgIpc) is 2.81. The maximum Gasteiger partial charge on any atom is 0.00963 e. The third-order valence-corrected chi connectivity index (χ3v) is 7.71. The lowest BCUT2D eigenvalue weighted by Crippen LogP contribution is -2.49. The summed E-state index contributed by atoms with van der Waals surface area (Å²) in [5, 5.41) is 0. The molecule has 0 aliphatic heterocycles. The van der Waals surface area contributed by atoms with E-state index < -0.39 is 0 Å². The summed E-state index contributed by atoms with van der Waals surface area (Å²) < 4.78 is 0. The van der Waals surface area contributed by atoms with Crippen molar-refractivity contribution in [1.29, 1.82) is 0 Å². The maximum absolute atomic E-state index is 2.61. The van der Waals surface area contributed by atoms with Gasteiger partial charge in [0.05, 0.1) is 0 Å². The van der Waals surface area contributed by atoms with Crippen molar-refractivity contribution in [3.8, 4) is 0 Å². The predicted octanol–water partition coefficient (Wildman–Crippen LogP) is 5.75. The van der Waals surface area contributed by atoms with Crippen LogP contribution in [0.15, 0.2) is 23.8 Å². The van der Waals surface area contributed by atoms with Gasteiger partial charge >= 0.3 is 0 Å². The van der Waals surface area contributed by atoms with E-state index in [0.717, 1.165) is 23.7 Å². The third kappa shape index (κ3) is 1.60. The van der Waals surface area contributed by atoms with E-state index in [-0.39, 0.29) is 0 Å². The van der Waals surface area contributed by atoms with Gasteiger partial charge in [0.25, 0.3) is 0 Å². The van der Waals surface area contributed by atoms with Crippen LogP contribution in [-0.4, -0.2) is 0 Å². The molecule has 4 aliphatic rings. The zero-order chi connectivity index (χ0) is 14.0. The van der Waals surface area contributed by atoms with Gasteiger partial charge in [-0.15, -0.1) is 0 Å². The topological polar surface area (TPSA) is 0 Å². The fourth-order valence-corrected chi connectivity index (χ4v) is 6.78. The van der Waals surface area contributed by atoms with Crippen molar-refractivity contribution >= 4 is 0 Å². The van der Waals surface area contributed by atoms with Gasteiger partial charge in [0.2, 0.25) is 0 Å². The van der Waals surface area contributed by atoms with E-state index in [4.69, 9.17) is 0 Å². The van der Waals surface area contributed by atoms with E-state index in [1.807, 2.05) is 0 Å². The summed E-state index contributed by atoms with van der Waals surface area (Å²) >= 11 is 0. The normalized spacial score (nSPS) is 53.9. The van der Waals surface area contributed by atoms with E-state index in [9.17, 15) is 0 Å². The number of hydrogen-bond donors (Lipinski definition) is 0. The molecule has 0 aromatic carbocycles. The predicted molar refractivity (Wildman–Crippen MR) is 85.4 cm³/mol. The SMILES string of the molecule is C[C@H]1C[C@H]2[C@@H]3CCC[C@@]3(C)CC[C@@H]2[C@@]2(C)C=CCC=C12. The van der Waals surface area contributed by atoms with Gasteiger partial charge in [-0.25, -0.2) is 0 Å². The zero-order valence-electron chi connectivity index (χ0n) is 13.5. The Bertz CT molecular complexity index is 470. The fourth-order valence-electron chi connectivity index (χ4n) is 6.78. The highest BCUT2D eigenvalue weighted by Crippen LogP contribution is 2.65. The first-order valence-corrected chi connectivity index (χ1v) is 8.93. The Morgan fingerprint density at radius 2 is 1.95 bits per heavy atom. The minimum absolute atomic E-state index is 0.393. The summed E-state index contributed by atoms with van der Waals surface area (Å²) in [5.41, 5.74) is 2.87. The summed E-state index contributed by atoms with van der Waals surface area (Å²) in [6.07, 6.45) is 17.7. The summed E-state index contributed by atoms with van der Waals surface area (Å²) in [5.74, 6) is 3.76. The van der Waals surface area contributed by atoms with Crippen LogP contribution in [0.25, 0.3) is 0 Å². The lowest BCUT2D eigenvalue weighted by atomic mass is 9.47. The van der Waals surface area contributed by atoms with Crippen molar-refractivity contribution in [3.05, 3.63) is 23.8 Å². The van der Waals surface area contributed by atoms with Crippen LogP contribution < -0.4 is 0 Å². The minimum Gasteiger partial charge on any atom is -0.0839 e. The highest BCUT2D eigenvalue weighted by atomic mass is 14.6. The molecule has 0 saturated heterocycles. The Balaban J connectivity index is 1.74. The summed E-state index contributed by atoms with van der Waals surface area (Å²) in [4.78, 5) is 0. The van der Waals surface area contributed by atoms with Gasteiger partial charge in [-0.05, 0) is 67.6 Å². The first kappa shape index (κ1) is 13.2. The molecule has 0 unspecified atom stereocenters. The molecule has 4 rings (SSSR count). The van der Waals surface area contributed by atoms with Crippen molar-refractivity contribution in [1.82, 2.24) is 0 Å². The fraction of sp³-hybridized carbons (Fsp3) is 0.800. The van der Waals surface area contributed by atoms with Crippen LogP contribution in [0.1, 0.15) is 65.7 Å². The van der Waals surface area contributed by atoms with E-state index in [2.05, 4.69) is 39.0 Å². The molecule has 0 amide bonds. The molecule has 0 heteroatoms. The third-order valence-electron chi connectivity index (χ3n) is 7.71. The largest absolute Gasteiger partial charge is 0.0839 e. The van der Waals surface area contributed by atoms with E-state index in [1.54, 1.807) is 5.57 Å². The standard InChI is InChI=1S/C20H30/c1-14-13-15-17-8-6-10-19(17,2)12-9-18(15)20(3)11-5-4-7-16(14)20/h5,7,11,14-15,17-18H,4,6,8-10,12-13H2,1-3H3/t14-,15-,17-,18-,19-,20-/m0/s1. The zero-order valence-corrected chi connectivity index (χ0v) is 13.5. The van der Waals surface area contributed by atoms with Crippen LogP contribution in [-0.2, 0) is 0 Å². The van der Waals surface area contributed by atoms with Crippen LogP contribution in [0, 0.1) is 34.5 Å². The molecule has 3 fully saturated rings. The first-order valence-electron chi connectivity index (χ1n) is 8.93. The molecular formula is C20H30. The van der Waals surface area contributed by atoms with Crippen LogP contribution in [0.3, 0.4) is 0 Å². The summed E-state index contributed by atoms with van der Waals surface area (Å²) in [7, 11) is 0. The summed E-state index contributed by atoms with van der Waals surface area (Å²) in [6, 6.07) is 0. The van der Waals surface area contributed by atoms with E-state index in [0.29, 0.717) is 10.8 Å². The van der Waals surface area contributed by atoms with Crippen molar-refractivity contribution in [2.45, 2.75) is 65.7 Å². The van der Waals surface area contributed by atoms with Crippen LogP contribution >= 0.6 is 0 Å². The van der Waals surface area contributed by atoms with Gasteiger partial charge in [-0.1, -0.05) is 51.0 Å². The molecule has 0 radical (unpaired) electrons. The quantitative estimate of drug-likeness (QED) is 0.491. The van der Waals surface area contributed by atoms with Crippen LogP contribution in [0.5, 0.6) is 0 Å². The minimum atomic E-state index is 0.393. The Labute approximate surface area is 124 Å². The molecule has 0 nitrogen and oxygen atoms in total. The lowest BCUT2D eigenvalue weighted by Gasteiger charge is -2.58. The monoisotopic (exact) mass is 270 g/mol. The Morgan fingerprint density at radius 1 is 1.10 bits per heavy atom. The molecule has 110 valence electrons. The van der Waals surface area contributed by atoms with Crippen molar-refractivity contribution in [3.63, 3.8) is 0 Å². The molecule has 0 spiro atoms. The van der Waals surface area contributed by atoms with Crippen molar-refractivity contribution in [2.75, 3.05) is 0 Å². The smallest absolute Gasteiger partial charge is 0.00963 e. The molecule has 0 N–H and O–H groups in total. The highest BCUT2D eigenvalue weighted by Gasteiger charge is 2.56. The first-order chi connectivity index (χ1) is 9.55. The second-order valence-corrected chi connectivity index (χ2v) is 8.68. The van der Waals surface area contributed by atoms with Gasteiger partial charge in [-0.2, -0.15) is 0 Å². The maximum atomic E-state index is 2.61. The molecule has 6 atom stereocenters. The molecule has 0 aromatic heterocycles. The van der Waals surface area contributed by atoms with Crippen molar-refractivity contribution < 1.29 is 0 Å². The van der Waals surface area contributed by atoms with Crippen LogP contribution in [0.4, 0.5) is 0 Å². The molecular weight excluding hydrogens is 240 g/mol. The molecule has 0 heterocycles. The average molecular weight is 270 g/mol. The second kappa shape index (κ2) is 4.24. The van der Waals surface area contributed by atoms with Crippen LogP contribution in [0.2, 0.25) is 0 Å². The van der Waals surface area contributed by atoms with E-state index in [1.165, 1.54) is 44.9 Å². The molecule has 3 saturated carbocycles. The van der Waals surface area contributed by atoms with Gasteiger partial charge in [0.15, 0.2) is 0 Å².